The molecule has 3 heterocycles. The first-order chi connectivity index (χ1) is 13.1. The predicted molar refractivity (Wildman–Crippen MR) is 103 cm³/mol. The number of benzene rings is 1. The van der Waals surface area contributed by atoms with Crippen LogP contribution in [0.3, 0.4) is 0 Å². The van der Waals surface area contributed by atoms with Crippen molar-refractivity contribution in [2.45, 2.75) is 69.9 Å². The fourth-order valence-corrected chi connectivity index (χ4v) is 4.01. The van der Waals surface area contributed by atoms with Crippen LogP contribution in [0.15, 0.2) is 24.3 Å². The minimum Gasteiger partial charge on any atom is -0.354 e. The van der Waals surface area contributed by atoms with E-state index in [9.17, 15) is 4.39 Å². The first-order valence-electron chi connectivity index (χ1n) is 9.28. The summed E-state index contributed by atoms with van der Waals surface area (Å²) in [5, 5.41) is 6.35. The van der Waals surface area contributed by atoms with Crippen molar-refractivity contribution in [1.29, 1.82) is 0 Å². The van der Waals surface area contributed by atoms with E-state index in [2.05, 4.69) is 10.6 Å². The highest BCUT2D eigenvalue weighted by Crippen LogP contribution is 2.40. The first-order valence-corrected chi connectivity index (χ1v) is 9.69. The Morgan fingerprint density at radius 2 is 1.82 bits per heavy atom. The molecule has 3 aliphatic heterocycles. The van der Waals surface area contributed by atoms with E-state index >= 15 is 0 Å². The molecule has 9 heteroatoms. The Morgan fingerprint density at radius 3 is 2.50 bits per heavy atom. The van der Waals surface area contributed by atoms with Crippen molar-refractivity contribution in [2.75, 3.05) is 11.9 Å². The summed E-state index contributed by atoms with van der Waals surface area (Å²) in [5.41, 5.74) is 0.289. The van der Waals surface area contributed by atoms with Gasteiger partial charge in [0.15, 0.2) is 23.0 Å². The van der Waals surface area contributed by atoms with Crippen LogP contribution >= 0.6 is 12.2 Å². The molecule has 154 valence electrons. The molecule has 3 aliphatic rings. The van der Waals surface area contributed by atoms with Gasteiger partial charge in [-0.2, -0.15) is 0 Å². The van der Waals surface area contributed by atoms with Gasteiger partial charge in [0, 0.05) is 0 Å². The molecule has 0 bridgehead atoms. The van der Waals surface area contributed by atoms with Gasteiger partial charge >= 0.3 is 0 Å². The quantitative estimate of drug-likeness (QED) is 0.734. The lowest BCUT2D eigenvalue weighted by Gasteiger charge is -2.30. The number of para-hydroxylation sites is 1. The zero-order chi connectivity index (χ0) is 20.1. The molecule has 0 unspecified atom stereocenters. The zero-order valence-corrected chi connectivity index (χ0v) is 17.0. The minimum atomic E-state index is -0.771. The molecule has 28 heavy (non-hydrogen) atoms. The monoisotopic (exact) mass is 412 g/mol. The van der Waals surface area contributed by atoms with Crippen molar-refractivity contribution in [3.05, 3.63) is 30.1 Å². The van der Waals surface area contributed by atoms with E-state index in [1.54, 1.807) is 18.2 Å². The Kier molecular flexibility index (Phi) is 5.09. The number of rotatable bonds is 3. The lowest BCUT2D eigenvalue weighted by molar-refractivity contribution is -0.223. The van der Waals surface area contributed by atoms with E-state index in [1.165, 1.54) is 6.07 Å². The van der Waals surface area contributed by atoms with Crippen LogP contribution in [0.25, 0.3) is 0 Å². The molecule has 0 saturated carbocycles. The highest BCUT2D eigenvalue weighted by molar-refractivity contribution is 7.80. The molecule has 0 radical (unpaired) electrons. The molecule has 3 saturated heterocycles. The Labute approximate surface area is 168 Å². The molecule has 0 spiro atoms. The van der Waals surface area contributed by atoms with Crippen molar-refractivity contribution >= 4 is 23.0 Å². The van der Waals surface area contributed by atoms with Gasteiger partial charge in [-0.05, 0) is 52.0 Å². The summed E-state index contributed by atoms with van der Waals surface area (Å²) in [6, 6.07) is 5.97. The van der Waals surface area contributed by atoms with Gasteiger partial charge in [0.05, 0.1) is 18.3 Å². The number of nitrogens with one attached hydrogen (secondary N) is 2. The summed E-state index contributed by atoms with van der Waals surface area (Å²) in [6.45, 7) is 7.74. The van der Waals surface area contributed by atoms with Crippen molar-refractivity contribution in [2.24, 2.45) is 0 Å². The van der Waals surface area contributed by atoms with E-state index in [4.69, 9.17) is 35.9 Å². The third-order valence-electron chi connectivity index (χ3n) is 4.90. The van der Waals surface area contributed by atoms with Crippen molar-refractivity contribution in [3.63, 3.8) is 0 Å². The highest BCUT2D eigenvalue weighted by atomic mass is 32.1. The molecule has 0 amide bonds. The number of ether oxygens (including phenoxy) is 5. The van der Waals surface area contributed by atoms with Crippen LogP contribution in [0, 0.1) is 5.82 Å². The molecule has 0 aromatic heterocycles. The minimum absolute atomic E-state index is 0.260. The fourth-order valence-electron chi connectivity index (χ4n) is 3.76. The molecule has 2 N–H and O–H groups in total. The Hall–Kier alpha value is -1.36. The Bertz CT molecular complexity index is 762. The van der Waals surface area contributed by atoms with Gasteiger partial charge in [-0.1, -0.05) is 12.1 Å². The van der Waals surface area contributed by atoms with E-state index in [0.717, 1.165) is 0 Å². The molecular formula is C19H25FN2O5S. The summed E-state index contributed by atoms with van der Waals surface area (Å²) in [7, 11) is 0. The molecule has 5 atom stereocenters. The third-order valence-corrected chi connectivity index (χ3v) is 5.12. The van der Waals surface area contributed by atoms with Crippen LogP contribution < -0.4 is 10.6 Å². The maximum Gasteiger partial charge on any atom is 0.189 e. The van der Waals surface area contributed by atoms with E-state index in [-0.39, 0.29) is 28.8 Å². The Morgan fingerprint density at radius 1 is 1.07 bits per heavy atom. The second kappa shape index (κ2) is 7.16. The van der Waals surface area contributed by atoms with Gasteiger partial charge in [-0.15, -0.1) is 0 Å². The number of hydrogen-bond donors (Lipinski definition) is 2. The SMILES string of the molecule is CC1(C)O[C@H]2O[C@H]([C@H]3COC(C)(C)O3)[C@H](NC(=S)Nc3ccccc3F)[C@H]2O1. The van der Waals surface area contributed by atoms with Gasteiger partial charge in [0.25, 0.3) is 0 Å². The van der Waals surface area contributed by atoms with Gasteiger partial charge in [0.1, 0.15) is 24.1 Å². The van der Waals surface area contributed by atoms with E-state index < -0.39 is 30.1 Å². The average molecular weight is 412 g/mol. The standard InChI is InChI=1S/C19H25FN2O5S/c1-18(2)23-9-12(25-18)14-13(15-16(24-14)27-19(3,4)26-15)22-17(28)21-11-8-6-5-7-10(11)20/h5-8,12-16H,9H2,1-4H3,(H2,21,22,28)/t12-,13+,14-,15-,16-/m1/s1. The second-order valence-corrected chi connectivity index (χ2v) is 8.45. The van der Waals surface area contributed by atoms with Crippen LogP contribution in [0.1, 0.15) is 27.7 Å². The Balaban J connectivity index is 1.50. The van der Waals surface area contributed by atoms with Crippen LogP contribution in [-0.2, 0) is 23.7 Å². The highest BCUT2D eigenvalue weighted by Gasteiger charge is 2.58. The second-order valence-electron chi connectivity index (χ2n) is 8.04. The topological polar surface area (TPSA) is 70.2 Å². The van der Waals surface area contributed by atoms with Crippen molar-refractivity contribution < 1.29 is 28.1 Å². The summed E-state index contributed by atoms with van der Waals surface area (Å²) in [6.07, 6.45) is -1.67. The van der Waals surface area contributed by atoms with Crippen LogP contribution in [0.4, 0.5) is 10.1 Å². The van der Waals surface area contributed by atoms with Crippen LogP contribution in [0.5, 0.6) is 0 Å². The van der Waals surface area contributed by atoms with Crippen molar-refractivity contribution in [3.8, 4) is 0 Å². The summed E-state index contributed by atoms with van der Waals surface area (Å²) >= 11 is 5.41. The van der Waals surface area contributed by atoms with Gasteiger partial charge in [-0.3, -0.25) is 0 Å². The fraction of sp³-hybridized carbons (Fsp3) is 0.632. The molecule has 7 nitrogen and oxygen atoms in total. The van der Waals surface area contributed by atoms with Gasteiger partial charge in [-0.25, -0.2) is 4.39 Å². The predicted octanol–water partition coefficient (Wildman–Crippen LogP) is 2.51. The maximum atomic E-state index is 13.9. The summed E-state index contributed by atoms with van der Waals surface area (Å²) in [4.78, 5) is 0. The third kappa shape index (κ3) is 4.00. The average Bonchev–Trinajstić information content (AvgIpc) is 3.20. The number of halogens is 1. The van der Waals surface area contributed by atoms with Crippen LogP contribution in [0.2, 0.25) is 0 Å². The van der Waals surface area contributed by atoms with Gasteiger partial charge < -0.3 is 34.3 Å². The zero-order valence-electron chi connectivity index (χ0n) is 16.2. The molecule has 1 aromatic carbocycles. The van der Waals surface area contributed by atoms with E-state index in [0.29, 0.717) is 6.61 Å². The number of thiocarbonyl (C=S) groups is 1. The number of hydrogen-bond acceptors (Lipinski definition) is 6. The largest absolute Gasteiger partial charge is 0.354 e. The molecule has 0 aliphatic carbocycles. The number of anilines is 1. The molecule has 3 fully saturated rings. The maximum absolute atomic E-state index is 13.9. The smallest absolute Gasteiger partial charge is 0.189 e. The number of fused-ring (bicyclic) bond motifs is 1. The lowest BCUT2D eigenvalue weighted by atomic mass is 10.0. The molecule has 1 aromatic rings. The van der Waals surface area contributed by atoms with Crippen LogP contribution in [-0.4, -0.2) is 53.9 Å². The lowest BCUT2D eigenvalue weighted by Crippen LogP contribution is -2.53. The van der Waals surface area contributed by atoms with E-state index in [1.807, 2.05) is 27.7 Å². The van der Waals surface area contributed by atoms with Crippen molar-refractivity contribution in [1.82, 2.24) is 5.32 Å². The summed E-state index contributed by atoms with van der Waals surface area (Å²) < 4.78 is 43.6. The molecule has 4 rings (SSSR count). The molecular weight excluding hydrogens is 387 g/mol. The first kappa shape index (κ1) is 19.9. The van der Waals surface area contributed by atoms with Gasteiger partial charge in [0.2, 0.25) is 0 Å². The normalized spacial score (nSPS) is 35.5. The summed E-state index contributed by atoms with van der Waals surface area (Å²) in [5.74, 6) is -1.85.